The molecule has 1 saturated heterocycles. The molecule has 2 heterocycles. The predicted octanol–water partition coefficient (Wildman–Crippen LogP) is 0.919. The van der Waals surface area contributed by atoms with Gasteiger partial charge in [0.15, 0.2) is 0 Å². The molecule has 1 fully saturated rings. The Morgan fingerprint density at radius 3 is 2.52 bits per heavy atom. The molecule has 0 radical (unpaired) electrons. The summed E-state index contributed by atoms with van der Waals surface area (Å²) >= 11 is 0. The summed E-state index contributed by atoms with van der Waals surface area (Å²) in [5.41, 5.74) is -0.323. The zero-order chi connectivity index (χ0) is 15.1. The third kappa shape index (κ3) is 4.15. The highest BCUT2D eigenvalue weighted by molar-refractivity contribution is 5.36. The summed E-state index contributed by atoms with van der Waals surface area (Å²) in [6.45, 7) is 6.95. The normalized spacial score (nSPS) is 21.3. The third-order valence-corrected chi connectivity index (χ3v) is 3.29. The molecule has 0 aromatic carbocycles. The fourth-order valence-corrected chi connectivity index (χ4v) is 2.07. The van der Waals surface area contributed by atoms with E-state index in [9.17, 15) is 0 Å². The Kier molecular flexibility index (Phi) is 5.51. The molecule has 0 amide bonds. The quantitative estimate of drug-likeness (QED) is 0.732. The highest BCUT2D eigenvalue weighted by atomic mass is 16.5. The Hall–Kier alpha value is -1.67. The molecule has 21 heavy (non-hydrogen) atoms. The van der Waals surface area contributed by atoms with Gasteiger partial charge in [-0.2, -0.15) is 15.0 Å². The van der Waals surface area contributed by atoms with Gasteiger partial charge >= 0.3 is 6.01 Å². The summed E-state index contributed by atoms with van der Waals surface area (Å²) < 4.78 is 16.3. The molecule has 1 aromatic heterocycles. The SMILES string of the molecule is CCNc1nc(NCC2(OC)CCOC2)nc(OCC)n1. The Balaban J connectivity index is 2.07. The number of nitrogens with zero attached hydrogens (tertiary/aromatic N) is 3. The topological polar surface area (TPSA) is 90.4 Å². The molecule has 1 unspecified atom stereocenters. The summed E-state index contributed by atoms with van der Waals surface area (Å²) in [4.78, 5) is 12.7. The zero-order valence-electron chi connectivity index (χ0n) is 12.8. The largest absolute Gasteiger partial charge is 0.464 e. The van der Waals surface area contributed by atoms with Crippen LogP contribution in [0.15, 0.2) is 0 Å². The Bertz CT molecular complexity index is 427. The van der Waals surface area contributed by atoms with Crippen molar-refractivity contribution in [3.05, 3.63) is 0 Å². The Labute approximate surface area is 124 Å². The molecule has 2 rings (SSSR count). The van der Waals surface area contributed by atoms with Crippen molar-refractivity contribution >= 4 is 11.9 Å². The second-order valence-electron chi connectivity index (χ2n) is 4.77. The minimum Gasteiger partial charge on any atom is -0.464 e. The van der Waals surface area contributed by atoms with E-state index in [0.717, 1.165) is 13.0 Å². The van der Waals surface area contributed by atoms with Gasteiger partial charge in [-0.05, 0) is 13.8 Å². The highest BCUT2D eigenvalue weighted by Gasteiger charge is 2.35. The Morgan fingerprint density at radius 2 is 1.95 bits per heavy atom. The van der Waals surface area contributed by atoms with Gasteiger partial charge in [-0.3, -0.25) is 0 Å². The first-order valence-electron chi connectivity index (χ1n) is 7.21. The smallest absolute Gasteiger partial charge is 0.323 e. The van der Waals surface area contributed by atoms with Gasteiger partial charge < -0.3 is 24.8 Å². The summed E-state index contributed by atoms with van der Waals surface area (Å²) in [5, 5.41) is 6.25. The van der Waals surface area contributed by atoms with Crippen molar-refractivity contribution in [3.8, 4) is 6.01 Å². The Morgan fingerprint density at radius 1 is 1.19 bits per heavy atom. The number of aromatic nitrogens is 3. The van der Waals surface area contributed by atoms with Gasteiger partial charge in [0.1, 0.15) is 5.60 Å². The number of nitrogens with one attached hydrogen (secondary N) is 2. The second kappa shape index (κ2) is 7.37. The lowest BCUT2D eigenvalue weighted by molar-refractivity contribution is -0.00632. The molecule has 0 aliphatic carbocycles. The second-order valence-corrected chi connectivity index (χ2v) is 4.77. The van der Waals surface area contributed by atoms with E-state index in [1.54, 1.807) is 7.11 Å². The van der Waals surface area contributed by atoms with Crippen LogP contribution >= 0.6 is 0 Å². The lowest BCUT2D eigenvalue weighted by Crippen LogP contribution is -2.40. The van der Waals surface area contributed by atoms with E-state index in [0.29, 0.717) is 44.3 Å². The van der Waals surface area contributed by atoms with Gasteiger partial charge in [-0.15, -0.1) is 0 Å². The van der Waals surface area contributed by atoms with Crippen LogP contribution in [0.3, 0.4) is 0 Å². The van der Waals surface area contributed by atoms with Crippen molar-refractivity contribution < 1.29 is 14.2 Å². The number of methoxy groups -OCH3 is 1. The van der Waals surface area contributed by atoms with Crippen LogP contribution < -0.4 is 15.4 Å². The van der Waals surface area contributed by atoms with E-state index in [2.05, 4.69) is 25.6 Å². The van der Waals surface area contributed by atoms with E-state index < -0.39 is 0 Å². The average molecular weight is 297 g/mol. The lowest BCUT2D eigenvalue weighted by Gasteiger charge is -2.25. The van der Waals surface area contributed by atoms with Crippen molar-refractivity contribution in [2.45, 2.75) is 25.9 Å². The molecule has 1 atom stereocenters. The molecule has 0 spiro atoms. The first kappa shape index (κ1) is 15.7. The van der Waals surface area contributed by atoms with Crippen LogP contribution in [0, 0.1) is 0 Å². The highest BCUT2D eigenvalue weighted by Crippen LogP contribution is 2.23. The maximum Gasteiger partial charge on any atom is 0.323 e. The molecule has 2 N–H and O–H groups in total. The first-order chi connectivity index (χ1) is 10.2. The fraction of sp³-hybridized carbons (Fsp3) is 0.769. The predicted molar refractivity (Wildman–Crippen MR) is 78.8 cm³/mol. The van der Waals surface area contributed by atoms with E-state index in [4.69, 9.17) is 14.2 Å². The van der Waals surface area contributed by atoms with Gasteiger partial charge in [0.2, 0.25) is 11.9 Å². The zero-order valence-corrected chi connectivity index (χ0v) is 12.8. The van der Waals surface area contributed by atoms with Gasteiger partial charge in [-0.1, -0.05) is 0 Å². The van der Waals surface area contributed by atoms with E-state index in [1.807, 2.05) is 13.8 Å². The van der Waals surface area contributed by atoms with E-state index >= 15 is 0 Å². The summed E-state index contributed by atoms with van der Waals surface area (Å²) in [6, 6.07) is 0.306. The molecule has 118 valence electrons. The van der Waals surface area contributed by atoms with Crippen molar-refractivity contribution in [1.29, 1.82) is 0 Å². The van der Waals surface area contributed by atoms with Crippen LogP contribution in [0.2, 0.25) is 0 Å². The minimum atomic E-state index is -0.323. The molecule has 8 heteroatoms. The van der Waals surface area contributed by atoms with Crippen LogP contribution in [-0.4, -0.2) is 60.6 Å². The van der Waals surface area contributed by atoms with E-state index in [1.165, 1.54) is 0 Å². The van der Waals surface area contributed by atoms with Gasteiger partial charge in [0.05, 0.1) is 13.2 Å². The molecule has 1 aliphatic rings. The molecule has 1 aliphatic heterocycles. The first-order valence-corrected chi connectivity index (χ1v) is 7.21. The van der Waals surface area contributed by atoms with Crippen molar-refractivity contribution in [2.24, 2.45) is 0 Å². The maximum absolute atomic E-state index is 5.57. The number of ether oxygens (including phenoxy) is 3. The van der Waals surface area contributed by atoms with Gasteiger partial charge in [-0.25, -0.2) is 0 Å². The van der Waals surface area contributed by atoms with Crippen LogP contribution in [0.25, 0.3) is 0 Å². The van der Waals surface area contributed by atoms with Gasteiger partial charge in [0.25, 0.3) is 0 Å². The third-order valence-electron chi connectivity index (χ3n) is 3.29. The standard InChI is InChI=1S/C13H23N5O3/c1-4-14-10-16-11(18-12(17-10)21-5-2)15-8-13(19-3)6-7-20-9-13/h4-9H2,1-3H3,(H2,14,15,16,17,18). The van der Waals surface area contributed by atoms with Crippen LogP contribution in [-0.2, 0) is 9.47 Å². The van der Waals surface area contributed by atoms with Gasteiger partial charge in [0, 0.05) is 33.2 Å². The average Bonchev–Trinajstić information content (AvgIpc) is 2.95. The summed E-state index contributed by atoms with van der Waals surface area (Å²) in [6.07, 6.45) is 0.847. The number of hydrogen-bond donors (Lipinski definition) is 2. The maximum atomic E-state index is 5.57. The molecule has 1 aromatic rings. The van der Waals surface area contributed by atoms with E-state index in [-0.39, 0.29) is 5.60 Å². The summed E-state index contributed by atoms with van der Waals surface area (Å²) in [5.74, 6) is 0.959. The fourth-order valence-electron chi connectivity index (χ4n) is 2.07. The van der Waals surface area contributed by atoms with Crippen molar-refractivity contribution in [2.75, 3.05) is 50.7 Å². The summed E-state index contributed by atoms with van der Waals surface area (Å²) in [7, 11) is 1.69. The number of hydrogen-bond acceptors (Lipinski definition) is 8. The number of anilines is 2. The van der Waals surface area contributed by atoms with Crippen molar-refractivity contribution in [3.63, 3.8) is 0 Å². The molecule has 0 saturated carbocycles. The molecule has 8 nitrogen and oxygen atoms in total. The minimum absolute atomic E-state index is 0.306. The van der Waals surface area contributed by atoms with Crippen molar-refractivity contribution in [1.82, 2.24) is 15.0 Å². The lowest BCUT2D eigenvalue weighted by atomic mass is 10.0. The van der Waals surface area contributed by atoms with Crippen LogP contribution in [0.4, 0.5) is 11.9 Å². The molecular formula is C13H23N5O3. The van der Waals surface area contributed by atoms with Crippen LogP contribution in [0.5, 0.6) is 6.01 Å². The monoisotopic (exact) mass is 297 g/mol. The van der Waals surface area contributed by atoms with Crippen LogP contribution in [0.1, 0.15) is 20.3 Å². The molecule has 0 bridgehead atoms. The molecular weight excluding hydrogens is 274 g/mol. The number of rotatable bonds is 8.